The first-order valence-electron chi connectivity index (χ1n) is 6.53. The van der Waals surface area contributed by atoms with Crippen LogP contribution in [0, 0.1) is 10.1 Å². The molecule has 1 fully saturated rings. The van der Waals surface area contributed by atoms with Crippen molar-refractivity contribution in [3.05, 3.63) is 28.3 Å². The van der Waals surface area contributed by atoms with Gasteiger partial charge in [-0.2, -0.15) is 0 Å². The predicted molar refractivity (Wildman–Crippen MR) is 75.7 cm³/mol. The maximum Gasteiger partial charge on any atom is 0.314 e. The lowest BCUT2D eigenvalue weighted by molar-refractivity contribution is -0.384. The Bertz CT molecular complexity index is 597. The third-order valence-electron chi connectivity index (χ3n) is 3.14. The number of morpholine rings is 1. The number of carbonyl (C=O) groups is 2. The van der Waals surface area contributed by atoms with E-state index in [1.165, 1.54) is 30.2 Å². The summed E-state index contributed by atoms with van der Waals surface area (Å²) in [5.74, 6) is -1.39. The van der Waals surface area contributed by atoms with Crippen molar-refractivity contribution in [3.8, 4) is 5.75 Å². The smallest absolute Gasteiger partial charge is 0.314 e. The molecule has 1 saturated heterocycles. The second kappa shape index (κ2) is 6.85. The van der Waals surface area contributed by atoms with E-state index in [1.54, 1.807) is 0 Å². The van der Waals surface area contributed by atoms with Crippen LogP contribution in [0.25, 0.3) is 0 Å². The van der Waals surface area contributed by atoms with E-state index >= 15 is 0 Å². The molecule has 0 unspecified atom stereocenters. The number of anilines is 1. The minimum Gasteiger partial charge on any atom is -0.494 e. The van der Waals surface area contributed by atoms with Crippen molar-refractivity contribution >= 4 is 23.2 Å². The quantitative estimate of drug-likeness (QED) is 0.491. The molecular weight excluding hydrogens is 294 g/mol. The Balaban J connectivity index is 2.10. The topological polar surface area (TPSA) is 111 Å². The van der Waals surface area contributed by atoms with Crippen LogP contribution in [-0.2, 0) is 14.3 Å². The third-order valence-corrected chi connectivity index (χ3v) is 3.14. The Labute approximate surface area is 125 Å². The van der Waals surface area contributed by atoms with Crippen molar-refractivity contribution < 1.29 is 24.0 Å². The van der Waals surface area contributed by atoms with E-state index in [-0.39, 0.29) is 17.1 Å². The molecule has 0 bridgehead atoms. The van der Waals surface area contributed by atoms with E-state index in [0.717, 1.165) is 0 Å². The van der Waals surface area contributed by atoms with Crippen molar-refractivity contribution in [1.29, 1.82) is 0 Å². The van der Waals surface area contributed by atoms with Gasteiger partial charge < -0.3 is 19.7 Å². The van der Waals surface area contributed by atoms with Crippen molar-refractivity contribution in [2.75, 3.05) is 38.7 Å². The fraction of sp³-hybridized carbons (Fsp3) is 0.385. The van der Waals surface area contributed by atoms with Gasteiger partial charge in [-0.15, -0.1) is 0 Å². The average molecular weight is 309 g/mol. The molecule has 2 rings (SSSR count). The van der Waals surface area contributed by atoms with Gasteiger partial charge in [0.15, 0.2) is 0 Å². The lowest BCUT2D eigenvalue weighted by Gasteiger charge is -2.26. The summed E-state index contributed by atoms with van der Waals surface area (Å²) in [7, 11) is 1.32. The molecule has 118 valence electrons. The number of non-ortho nitro benzene ring substituents is 1. The van der Waals surface area contributed by atoms with E-state index in [1.807, 2.05) is 0 Å². The summed E-state index contributed by atoms with van der Waals surface area (Å²) in [6.07, 6.45) is 0. The third kappa shape index (κ3) is 3.50. The summed E-state index contributed by atoms with van der Waals surface area (Å²) >= 11 is 0. The first kappa shape index (κ1) is 15.7. The zero-order chi connectivity index (χ0) is 16.1. The maximum atomic E-state index is 12.0. The van der Waals surface area contributed by atoms with E-state index in [2.05, 4.69) is 5.32 Å². The average Bonchev–Trinajstić information content (AvgIpc) is 2.55. The highest BCUT2D eigenvalue weighted by Crippen LogP contribution is 2.28. The Kier molecular flexibility index (Phi) is 4.89. The van der Waals surface area contributed by atoms with Crippen molar-refractivity contribution in [1.82, 2.24) is 4.90 Å². The van der Waals surface area contributed by atoms with Crippen LogP contribution in [0.15, 0.2) is 18.2 Å². The number of nitrogens with one attached hydrogen (secondary N) is 1. The normalized spacial score (nSPS) is 14.3. The fourth-order valence-corrected chi connectivity index (χ4v) is 1.98. The lowest BCUT2D eigenvalue weighted by Crippen LogP contribution is -2.45. The van der Waals surface area contributed by atoms with Crippen LogP contribution in [0.4, 0.5) is 11.4 Å². The van der Waals surface area contributed by atoms with Gasteiger partial charge in [0.2, 0.25) is 0 Å². The number of hydrogen-bond donors (Lipinski definition) is 1. The molecule has 1 aromatic rings. The molecule has 0 atom stereocenters. The summed E-state index contributed by atoms with van der Waals surface area (Å²) in [6, 6.07) is 3.72. The molecule has 1 heterocycles. The molecule has 1 aromatic carbocycles. The van der Waals surface area contributed by atoms with E-state index < -0.39 is 16.7 Å². The predicted octanol–water partition coefficient (Wildman–Crippen LogP) is 0.401. The number of benzene rings is 1. The van der Waals surface area contributed by atoms with Crippen LogP contribution < -0.4 is 10.1 Å². The van der Waals surface area contributed by atoms with Gasteiger partial charge in [-0.1, -0.05) is 0 Å². The highest BCUT2D eigenvalue weighted by molar-refractivity contribution is 6.39. The molecule has 2 amide bonds. The standard InChI is InChI=1S/C13H15N3O6/c1-21-11-8-9(16(19)20)2-3-10(11)14-12(17)13(18)15-4-6-22-7-5-15/h2-3,8H,4-7H2,1H3,(H,14,17). The second-order valence-corrected chi connectivity index (χ2v) is 4.50. The molecule has 0 aromatic heterocycles. The van der Waals surface area contributed by atoms with Gasteiger partial charge in [-0.3, -0.25) is 19.7 Å². The van der Waals surface area contributed by atoms with Crippen LogP contribution in [0.3, 0.4) is 0 Å². The number of methoxy groups -OCH3 is 1. The molecule has 1 aliphatic heterocycles. The van der Waals surface area contributed by atoms with E-state index in [0.29, 0.717) is 26.3 Å². The van der Waals surface area contributed by atoms with Crippen LogP contribution in [0.5, 0.6) is 5.75 Å². The molecule has 0 saturated carbocycles. The zero-order valence-electron chi connectivity index (χ0n) is 11.9. The largest absolute Gasteiger partial charge is 0.494 e. The molecular formula is C13H15N3O6. The van der Waals surface area contributed by atoms with Gasteiger partial charge in [0.1, 0.15) is 5.75 Å². The van der Waals surface area contributed by atoms with E-state index in [9.17, 15) is 19.7 Å². The first-order chi connectivity index (χ1) is 10.5. The zero-order valence-corrected chi connectivity index (χ0v) is 11.9. The Morgan fingerprint density at radius 1 is 1.36 bits per heavy atom. The van der Waals surface area contributed by atoms with Gasteiger partial charge in [-0.05, 0) is 6.07 Å². The minimum atomic E-state index is -0.825. The maximum absolute atomic E-state index is 12.0. The number of amides is 2. The highest BCUT2D eigenvalue weighted by atomic mass is 16.6. The molecule has 9 heteroatoms. The Hall–Kier alpha value is -2.68. The van der Waals surface area contributed by atoms with Gasteiger partial charge in [0, 0.05) is 19.2 Å². The number of nitrogens with zero attached hydrogens (tertiary/aromatic N) is 2. The molecule has 22 heavy (non-hydrogen) atoms. The summed E-state index contributed by atoms with van der Waals surface area (Å²) in [5, 5.41) is 13.1. The Morgan fingerprint density at radius 3 is 2.64 bits per heavy atom. The molecule has 1 aliphatic rings. The van der Waals surface area contributed by atoms with Gasteiger partial charge in [-0.25, -0.2) is 0 Å². The van der Waals surface area contributed by atoms with Crippen molar-refractivity contribution in [2.45, 2.75) is 0 Å². The fourth-order valence-electron chi connectivity index (χ4n) is 1.98. The van der Waals surface area contributed by atoms with Crippen LogP contribution in [-0.4, -0.2) is 55.1 Å². The highest BCUT2D eigenvalue weighted by Gasteiger charge is 2.24. The van der Waals surface area contributed by atoms with Crippen molar-refractivity contribution in [2.24, 2.45) is 0 Å². The number of hydrogen-bond acceptors (Lipinski definition) is 6. The number of ether oxygens (including phenoxy) is 2. The van der Waals surface area contributed by atoms with Crippen LogP contribution >= 0.6 is 0 Å². The summed E-state index contributed by atoms with van der Waals surface area (Å²) in [5.41, 5.74) is 0.0223. The molecule has 0 aliphatic carbocycles. The summed E-state index contributed by atoms with van der Waals surface area (Å²) in [6.45, 7) is 1.48. The summed E-state index contributed by atoms with van der Waals surface area (Å²) < 4.78 is 10.1. The van der Waals surface area contributed by atoms with Crippen LogP contribution in [0.2, 0.25) is 0 Å². The number of nitro groups is 1. The molecule has 0 radical (unpaired) electrons. The number of nitro benzene ring substituents is 1. The number of rotatable bonds is 3. The van der Waals surface area contributed by atoms with Gasteiger partial charge >= 0.3 is 11.8 Å². The number of carbonyl (C=O) groups excluding carboxylic acids is 2. The molecule has 9 nitrogen and oxygen atoms in total. The monoisotopic (exact) mass is 309 g/mol. The lowest BCUT2D eigenvalue weighted by atomic mass is 10.2. The van der Waals surface area contributed by atoms with E-state index in [4.69, 9.17) is 9.47 Å². The molecule has 0 spiro atoms. The van der Waals surface area contributed by atoms with Gasteiger partial charge in [0.05, 0.1) is 37.0 Å². The second-order valence-electron chi connectivity index (χ2n) is 4.50. The Morgan fingerprint density at radius 2 is 2.05 bits per heavy atom. The minimum absolute atomic E-state index is 0.109. The van der Waals surface area contributed by atoms with Crippen molar-refractivity contribution in [3.63, 3.8) is 0 Å². The van der Waals surface area contributed by atoms with Gasteiger partial charge in [0.25, 0.3) is 5.69 Å². The van der Waals surface area contributed by atoms with Crippen LogP contribution in [0.1, 0.15) is 0 Å². The molecule has 1 N–H and O–H groups in total. The SMILES string of the molecule is COc1cc([N+](=O)[O-])ccc1NC(=O)C(=O)N1CCOCC1. The summed E-state index contributed by atoms with van der Waals surface area (Å²) in [4.78, 5) is 35.5. The first-order valence-corrected chi connectivity index (χ1v) is 6.53.